The summed E-state index contributed by atoms with van der Waals surface area (Å²) in [6, 6.07) is 3.64. The summed E-state index contributed by atoms with van der Waals surface area (Å²) < 4.78 is 0. The van der Waals surface area contributed by atoms with Crippen LogP contribution in [0.25, 0.3) is 0 Å². The quantitative estimate of drug-likeness (QED) is 0.301. The average Bonchev–Trinajstić information content (AvgIpc) is 2.42. The van der Waals surface area contributed by atoms with E-state index in [1.165, 1.54) is 0 Å². The summed E-state index contributed by atoms with van der Waals surface area (Å²) in [6.07, 6.45) is 4.66. The van der Waals surface area contributed by atoms with Crippen LogP contribution in [-0.2, 0) is 11.3 Å². The first kappa shape index (κ1) is 14.0. The van der Waals surface area contributed by atoms with Crippen LogP contribution in [0.1, 0.15) is 25.3 Å². The van der Waals surface area contributed by atoms with Gasteiger partial charge in [-0.05, 0) is 24.1 Å². The highest BCUT2D eigenvalue weighted by atomic mass is 16.4. The summed E-state index contributed by atoms with van der Waals surface area (Å²) in [4.78, 5) is 15.8. The fourth-order valence-electron chi connectivity index (χ4n) is 1.58. The molecule has 6 heteroatoms. The average molecular weight is 250 g/mol. The normalized spacial score (nSPS) is 13.1. The highest BCUT2D eigenvalue weighted by molar-refractivity contribution is 6.01. The highest BCUT2D eigenvalue weighted by Crippen LogP contribution is 2.07. The van der Waals surface area contributed by atoms with Crippen LogP contribution in [-0.4, -0.2) is 21.9 Å². The summed E-state index contributed by atoms with van der Waals surface area (Å²) in [5.74, 6) is -0.866. The number of nitrogens with one attached hydrogen (secondary N) is 1. The van der Waals surface area contributed by atoms with E-state index < -0.39 is 5.92 Å². The molecule has 0 bridgehead atoms. The van der Waals surface area contributed by atoms with Gasteiger partial charge in [0, 0.05) is 18.9 Å². The zero-order chi connectivity index (χ0) is 13.4. The van der Waals surface area contributed by atoms with Crippen molar-refractivity contribution in [3.63, 3.8) is 0 Å². The first-order chi connectivity index (χ1) is 8.69. The van der Waals surface area contributed by atoms with E-state index in [1.807, 2.05) is 19.1 Å². The second kappa shape index (κ2) is 7.26. The Balaban J connectivity index is 2.57. The maximum atomic E-state index is 11.9. The third-order valence-electron chi connectivity index (χ3n) is 2.58. The van der Waals surface area contributed by atoms with E-state index in [9.17, 15) is 4.79 Å². The Labute approximate surface area is 106 Å². The number of nitrogens with two attached hydrogens (primary N) is 1. The molecule has 18 heavy (non-hydrogen) atoms. The van der Waals surface area contributed by atoms with Crippen LogP contribution in [0.3, 0.4) is 0 Å². The third kappa shape index (κ3) is 4.04. The number of carbonyl (C=O) groups excluding carboxylic acids is 1. The molecule has 1 heterocycles. The van der Waals surface area contributed by atoms with Crippen molar-refractivity contribution in [3.8, 4) is 0 Å². The number of aromatic nitrogens is 1. The molecule has 0 saturated heterocycles. The van der Waals surface area contributed by atoms with E-state index in [4.69, 9.17) is 10.9 Å². The Morgan fingerprint density at radius 2 is 2.22 bits per heavy atom. The molecule has 0 aliphatic rings. The van der Waals surface area contributed by atoms with E-state index in [0.717, 1.165) is 12.0 Å². The number of hydrogen-bond donors (Lipinski definition) is 3. The van der Waals surface area contributed by atoms with Gasteiger partial charge in [-0.15, -0.1) is 0 Å². The fraction of sp³-hybridized carbons (Fsp3) is 0.417. The lowest BCUT2D eigenvalue weighted by molar-refractivity contribution is -0.123. The summed E-state index contributed by atoms with van der Waals surface area (Å²) in [7, 11) is 0. The molecule has 1 atom stereocenters. The molecule has 1 aromatic heterocycles. The number of nitrogens with zero attached hydrogens (tertiary/aromatic N) is 2. The first-order valence-corrected chi connectivity index (χ1v) is 5.83. The van der Waals surface area contributed by atoms with E-state index >= 15 is 0 Å². The minimum absolute atomic E-state index is 0.0518. The van der Waals surface area contributed by atoms with Gasteiger partial charge in [-0.1, -0.05) is 18.5 Å². The Morgan fingerprint density at radius 1 is 1.56 bits per heavy atom. The number of amides is 1. The molecule has 0 aliphatic heterocycles. The van der Waals surface area contributed by atoms with Crippen LogP contribution in [0.4, 0.5) is 0 Å². The van der Waals surface area contributed by atoms with Gasteiger partial charge in [-0.2, -0.15) is 0 Å². The van der Waals surface area contributed by atoms with Crippen molar-refractivity contribution in [2.24, 2.45) is 16.8 Å². The zero-order valence-corrected chi connectivity index (χ0v) is 10.3. The van der Waals surface area contributed by atoms with Gasteiger partial charge >= 0.3 is 0 Å². The van der Waals surface area contributed by atoms with Gasteiger partial charge < -0.3 is 16.3 Å². The minimum atomic E-state index is -0.582. The number of carbonyl (C=O) groups is 1. The molecule has 0 radical (unpaired) electrons. The lowest BCUT2D eigenvalue weighted by atomic mass is 10.0. The number of rotatable bonds is 6. The van der Waals surface area contributed by atoms with Crippen LogP contribution in [0.5, 0.6) is 0 Å². The standard InChI is InChI=1S/C12H18N4O2/c1-2-3-10(11(13)16-18)12(17)15-8-9-4-6-14-7-5-9/h4-7,10,18H,2-3,8H2,1H3,(H2,13,16)(H,15,17). The van der Waals surface area contributed by atoms with Crippen molar-refractivity contribution in [1.29, 1.82) is 0 Å². The maximum absolute atomic E-state index is 11.9. The predicted octanol–water partition coefficient (Wildman–Crippen LogP) is 0.861. The van der Waals surface area contributed by atoms with Crippen LogP contribution < -0.4 is 11.1 Å². The molecule has 0 aromatic carbocycles. The molecule has 1 amide bonds. The van der Waals surface area contributed by atoms with Crippen LogP contribution >= 0.6 is 0 Å². The first-order valence-electron chi connectivity index (χ1n) is 5.83. The van der Waals surface area contributed by atoms with E-state index in [2.05, 4.69) is 15.5 Å². The third-order valence-corrected chi connectivity index (χ3v) is 2.58. The van der Waals surface area contributed by atoms with Crippen molar-refractivity contribution in [3.05, 3.63) is 30.1 Å². The SMILES string of the molecule is CCCC(C(=O)NCc1ccncc1)/C(N)=N/O. The lowest BCUT2D eigenvalue weighted by Gasteiger charge is -2.14. The summed E-state index contributed by atoms with van der Waals surface area (Å²) in [5.41, 5.74) is 6.45. The molecule has 1 unspecified atom stereocenters. The van der Waals surface area contributed by atoms with Gasteiger partial charge in [-0.3, -0.25) is 9.78 Å². The molecule has 0 aliphatic carbocycles. The molecule has 0 fully saturated rings. The fourth-order valence-corrected chi connectivity index (χ4v) is 1.58. The molecule has 0 saturated carbocycles. The molecule has 1 rings (SSSR count). The van der Waals surface area contributed by atoms with Crippen LogP contribution in [0, 0.1) is 5.92 Å². The van der Waals surface area contributed by atoms with Gasteiger partial charge in [0.15, 0.2) is 5.84 Å². The monoisotopic (exact) mass is 250 g/mol. The van der Waals surface area contributed by atoms with Crippen LogP contribution in [0.15, 0.2) is 29.7 Å². The topological polar surface area (TPSA) is 101 Å². The van der Waals surface area contributed by atoms with Crippen LogP contribution in [0.2, 0.25) is 0 Å². The van der Waals surface area contributed by atoms with Gasteiger partial charge in [0.1, 0.15) is 0 Å². The number of hydrogen-bond acceptors (Lipinski definition) is 4. The van der Waals surface area contributed by atoms with Crippen molar-refractivity contribution in [2.45, 2.75) is 26.3 Å². The highest BCUT2D eigenvalue weighted by Gasteiger charge is 2.21. The molecule has 6 nitrogen and oxygen atoms in total. The molecule has 0 spiro atoms. The van der Waals surface area contributed by atoms with Crippen molar-refractivity contribution < 1.29 is 10.0 Å². The number of oxime groups is 1. The summed E-state index contributed by atoms with van der Waals surface area (Å²) >= 11 is 0. The molecule has 1 aromatic rings. The van der Waals surface area contributed by atoms with Crippen molar-refractivity contribution in [2.75, 3.05) is 0 Å². The Bertz CT molecular complexity index is 406. The Hall–Kier alpha value is -2.11. The van der Waals surface area contributed by atoms with Gasteiger partial charge in [0.25, 0.3) is 0 Å². The predicted molar refractivity (Wildman–Crippen MR) is 67.9 cm³/mol. The van der Waals surface area contributed by atoms with Gasteiger partial charge in [-0.25, -0.2) is 0 Å². The number of amidine groups is 1. The van der Waals surface area contributed by atoms with Gasteiger partial charge in [0.2, 0.25) is 5.91 Å². The van der Waals surface area contributed by atoms with Crippen molar-refractivity contribution >= 4 is 11.7 Å². The van der Waals surface area contributed by atoms with Crippen molar-refractivity contribution in [1.82, 2.24) is 10.3 Å². The maximum Gasteiger partial charge on any atom is 0.231 e. The Morgan fingerprint density at radius 3 is 2.78 bits per heavy atom. The zero-order valence-electron chi connectivity index (χ0n) is 10.3. The Kier molecular flexibility index (Phi) is 5.63. The van der Waals surface area contributed by atoms with E-state index in [1.54, 1.807) is 12.4 Å². The second-order valence-corrected chi connectivity index (χ2v) is 3.94. The molecule has 98 valence electrons. The van der Waals surface area contributed by atoms with E-state index in [-0.39, 0.29) is 11.7 Å². The summed E-state index contributed by atoms with van der Waals surface area (Å²) in [6.45, 7) is 2.34. The van der Waals surface area contributed by atoms with E-state index in [0.29, 0.717) is 13.0 Å². The second-order valence-electron chi connectivity index (χ2n) is 3.94. The minimum Gasteiger partial charge on any atom is -0.409 e. The lowest BCUT2D eigenvalue weighted by Crippen LogP contribution is -2.38. The molecule has 4 N–H and O–H groups in total. The summed E-state index contributed by atoms with van der Waals surface area (Å²) in [5, 5.41) is 14.3. The molecular formula is C12H18N4O2. The largest absolute Gasteiger partial charge is 0.409 e. The smallest absolute Gasteiger partial charge is 0.231 e. The number of pyridine rings is 1. The molecular weight excluding hydrogens is 232 g/mol. The van der Waals surface area contributed by atoms with Gasteiger partial charge in [0.05, 0.1) is 5.92 Å².